The van der Waals surface area contributed by atoms with Gasteiger partial charge in [-0.05, 0) is 40.5 Å². The van der Waals surface area contributed by atoms with Crippen LogP contribution in [0.5, 0.6) is 11.8 Å². The minimum Gasteiger partial charge on any atom is -0.473 e. The number of hydrogen-bond donors (Lipinski definition) is 0. The van der Waals surface area contributed by atoms with Gasteiger partial charge in [0.2, 0.25) is 11.8 Å². The number of anilines is 1. The molecular formula is C37H34FN3O4. The molecule has 7 nitrogen and oxygen atoms in total. The van der Waals surface area contributed by atoms with Crippen molar-refractivity contribution < 1.29 is 23.4 Å². The lowest BCUT2D eigenvalue weighted by Crippen LogP contribution is -2.49. The summed E-state index contributed by atoms with van der Waals surface area (Å²) in [5, 5.41) is 0. The Morgan fingerprint density at radius 2 is 1.24 bits per heavy atom. The van der Waals surface area contributed by atoms with E-state index in [-0.39, 0.29) is 18.5 Å². The molecule has 1 saturated heterocycles. The van der Waals surface area contributed by atoms with Crippen LogP contribution in [0.1, 0.15) is 16.7 Å². The van der Waals surface area contributed by atoms with E-state index >= 15 is 4.39 Å². The number of piperazine rings is 1. The molecule has 0 spiro atoms. The molecule has 0 unspecified atom stereocenters. The van der Waals surface area contributed by atoms with Crippen molar-refractivity contribution in [1.82, 2.24) is 9.88 Å². The van der Waals surface area contributed by atoms with Gasteiger partial charge in [0.1, 0.15) is 25.6 Å². The number of rotatable bonds is 10. The molecule has 1 amide bonds. The van der Waals surface area contributed by atoms with Gasteiger partial charge in [-0.2, -0.15) is 4.98 Å². The summed E-state index contributed by atoms with van der Waals surface area (Å²) in [6.45, 7) is 2.78. The van der Waals surface area contributed by atoms with Gasteiger partial charge in [-0.3, -0.25) is 0 Å². The zero-order valence-electron chi connectivity index (χ0n) is 24.8. The summed E-state index contributed by atoms with van der Waals surface area (Å²) in [6.07, 6.45) is -0.360. The van der Waals surface area contributed by atoms with E-state index in [1.165, 1.54) is 6.07 Å². The molecule has 1 aliphatic heterocycles. The summed E-state index contributed by atoms with van der Waals surface area (Å²) >= 11 is 0. The maximum absolute atomic E-state index is 15.6. The summed E-state index contributed by atoms with van der Waals surface area (Å²) in [5.41, 5.74) is 4.74. The Hall–Kier alpha value is -5.37. The summed E-state index contributed by atoms with van der Waals surface area (Å²) in [7, 11) is 0. The van der Waals surface area contributed by atoms with E-state index in [4.69, 9.17) is 14.2 Å². The van der Waals surface area contributed by atoms with E-state index < -0.39 is 0 Å². The Labute approximate surface area is 262 Å². The van der Waals surface area contributed by atoms with Crippen molar-refractivity contribution in [2.75, 3.05) is 31.1 Å². The molecule has 0 atom stereocenters. The van der Waals surface area contributed by atoms with Crippen molar-refractivity contribution in [3.05, 3.63) is 144 Å². The van der Waals surface area contributed by atoms with Gasteiger partial charge in [-0.25, -0.2) is 9.18 Å². The minimum absolute atomic E-state index is 0.224. The molecule has 6 rings (SSSR count). The first-order valence-corrected chi connectivity index (χ1v) is 15.0. The van der Waals surface area contributed by atoms with Gasteiger partial charge in [-0.15, -0.1) is 0 Å². The third-order valence-corrected chi connectivity index (χ3v) is 7.63. The molecule has 45 heavy (non-hydrogen) atoms. The Kier molecular flexibility index (Phi) is 9.50. The maximum atomic E-state index is 15.6. The standard InChI is InChI=1S/C37H34FN3O4/c38-33-24-31(16-18-34(33)40-20-22-41(23-21-40)37(42)45-27-30-14-8-3-9-15-30)32-17-19-35(43-25-28-10-4-1-5-11-28)39-36(32)44-26-29-12-6-2-7-13-29/h1-19,24H,20-23,25-27H2. The number of carbonyl (C=O) groups is 1. The number of ether oxygens (including phenoxy) is 3. The molecular weight excluding hydrogens is 569 g/mol. The normalized spacial score (nSPS) is 12.9. The van der Waals surface area contributed by atoms with Crippen LogP contribution in [0.3, 0.4) is 0 Å². The quantitative estimate of drug-likeness (QED) is 0.165. The molecule has 0 radical (unpaired) electrons. The van der Waals surface area contributed by atoms with Gasteiger partial charge >= 0.3 is 6.09 Å². The van der Waals surface area contributed by atoms with Crippen LogP contribution in [0, 0.1) is 5.82 Å². The largest absolute Gasteiger partial charge is 0.473 e. The van der Waals surface area contributed by atoms with Crippen LogP contribution in [-0.4, -0.2) is 42.2 Å². The second-order valence-electron chi connectivity index (χ2n) is 10.7. The molecule has 0 aliphatic carbocycles. The average Bonchev–Trinajstić information content (AvgIpc) is 3.10. The predicted octanol–water partition coefficient (Wildman–Crippen LogP) is 7.50. The molecule has 1 fully saturated rings. The van der Waals surface area contributed by atoms with Gasteiger partial charge in [0.05, 0.1) is 5.69 Å². The Morgan fingerprint density at radius 3 is 1.84 bits per heavy atom. The number of carbonyl (C=O) groups excluding carboxylic acids is 1. The van der Waals surface area contributed by atoms with E-state index in [0.29, 0.717) is 68.0 Å². The Balaban J connectivity index is 1.13. The van der Waals surface area contributed by atoms with Crippen molar-refractivity contribution in [3.8, 4) is 22.9 Å². The number of nitrogens with zero attached hydrogens (tertiary/aromatic N) is 3. The first kappa shape index (κ1) is 29.7. The number of halogens is 1. The van der Waals surface area contributed by atoms with Gasteiger partial charge in [0, 0.05) is 37.8 Å². The monoisotopic (exact) mass is 603 g/mol. The first-order chi connectivity index (χ1) is 22.1. The number of aromatic nitrogens is 1. The summed E-state index contributed by atoms with van der Waals surface area (Å²) in [4.78, 5) is 20.8. The molecule has 1 aromatic heterocycles. The van der Waals surface area contributed by atoms with Crippen LogP contribution in [0.4, 0.5) is 14.9 Å². The van der Waals surface area contributed by atoms with Crippen LogP contribution in [0.25, 0.3) is 11.1 Å². The summed E-state index contributed by atoms with van der Waals surface area (Å²) in [6, 6.07) is 38.0. The minimum atomic E-state index is -0.360. The van der Waals surface area contributed by atoms with Crippen LogP contribution in [0.15, 0.2) is 121 Å². The molecule has 1 aliphatic rings. The first-order valence-electron chi connectivity index (χ1n) is 15.0. The molecule has 2 heterocycles. The van der Waals surface area contributed by atoms with Crippen molar-refractivity contribution in [1.29, 1.82) is 0 Å². The molecule has 4 aromatic carbocycles. The van der Waals surface area contributed by atoms with Crippen LogP contribution in [0.2, 0.25) is 0 Å². The smallest absolute Gasteiger partial charge is 0.410 e. The Morgan fingerprint density at radius 1 is 0.667 bits per heavy atom. The van der Waals surface area contributed by atoms with E-state index in [0.717, 1.165) is 16.7 Å². The second kappa shape index (κ2) is 14.4. The molecule has 8 heteroatoms. The van der Waals surface area contributed by atoms with E-state index in [9.17, 15) is 4.79 Å². The lowest BCUT2D eigenvalue weighted by molar-refractivity contribution is 0.0941. The fraction of sp³-hybridized carbons (Fsp3) is 0.189. The van der Waals surface area contributed by atoms with Gasteiger partial charge in [-0.1, -0.05) is 97.1 Å². The topological polar surface area (TPSA) is 64.1 Å². The molecule has 0 N–H and O–H groups in total. The molecule has 228 valence electrons. The molecule has 0 bridgehead atoms. The number of benzene rings is 4. The Bertz CT molecular complexity index is 1700. The highest BCUT2D eigenvalue weighted by molar-refractivity contribution is 5.72. The average molecular weight is 604 g/mol. The highest BCUT2D eigenvalue weighted by Crippen LogP contribution is 2.34. The predicted molar refractivity (Wildman–Crippen MR) is 172 cm³/mol. The summed E-state index contributed by atoms with van der Waals surface area (Å²) < 4.78 is 33.2. The zero-order valence-corrected chi connectivity index (χ0v) is 24.8. The van der Waals surface area contributed by atoms with E-state index in [2.05, 4.69) is 4.98 Å². The maximum Gasteiger partial charge on any atom is 0.410 e. The fourth-order valence-corrected chi connectivity index (χ4v) is 5.16. The number of amides is 1. The van der Waals surface area contributed by atoms with E-state index in [1.54, 1.807) is 17.0 Å². The highest BCUT2D eigenvalue weighted by atomic mass is 19.1. The van der Waals surface area contributed by atoms with Crippen molar-refractivity contribution in [2.24, 2.45) is 0 Å². The third kappa shape index (κ3) is 7.78. The van der Waals surface area contributed by atoms with Gasteiger partial charge < -0.3 is 24.0 Å². The SMILES string of the molecule is O=C(OCc1ccccc1)N1CCN(c2ccc(-c3ccc(OCc4ccccc4)nc3OCc3ccccc3)cc2F)CC1. The second-order valence-corrected chi connectivity index (χ2v) is 10.7. The highest BCUT2D eigenvalue weighted by Gasteiger charge is 2.24. The molecule has 5 aromatic rings. The van der Waals surface area contributed by atoms with Gasteiger partial charge in [0.15, 0.2) is 0 Å². The van der Waals surface area contributed by atoms with E-state index in [1.807, 2.05) is 108 Å². The lowest BCUT2D eigenvalue weighted by atomic mass is 10.1. The zero-order chi connectivity index (χ0) is 30.8. The fourth-order valence-electron chi connectivity index (χ4n) is 5.16. The third-order valence-electron chi connectivity index (χ3n) is 7.63. The van der Waals surface area contributed by atoms with Crippen LogP contribution in [-0.2, 0) is 24.6 Å². The molecule has 0 saturated carbocycles. The lowest BCUT2D eigenvalue weighted by Gasteiger charge is -2.35. The number of hydrogen-bond acceptors (Lipinski definition) is 6. The van der Waals surface area contributed by atoms with Crippen LogP contribution < -0.4 is 14.4 Å². The van der Waals surface area contributed by atoms with Crippen molar-refractivity contribution >= 4 is 11.8 Å². The number of pyridine rings is 1. The van der Waals surface area contributed by atoms with Crippen LogP contribution >= 0.6 is 0 Å². The van der Waals surface area contributed by atoms with Crippen molar-refractivity contribution in [3.63, 3.8) is 0 Å². The van der Waals surface area contributed by atoms with Crippen molar-refractivity contribution in [2.45, 2.75) is 19.8 Å². The summed E-state index contributed by atoms with van der Waals surface area (Å²) in [5.74, 6) is 0.424. The van der Waals surface area contributed by atoms with Gasteiger partial charge in [0.25, 0.3) is 0 Å².